The van der Waals surface area contributed by atoms with E-state index in [2.05, 4.69) is 0 Å². The van der Waals surface area contributed by atoms with Crippen molar-refractivity contribution in [2.24, 2.45) is 0 Å². The second-order valence-corrected chi connectivity index (χ2v) is 4.95. The third-order valence-corrected chi connectivity index (χ3v) is 3.47. The van der Waals surface area contributed by atoms with E-state index in [4.69, 9.17) is 16.9 Å². The molecule has 0 spiro atoms. The molecule has 3 nitrogen and oxygen atoms in total. The van der Waals surface area contributed by atoms with Gasteiger partial charge in [-0.1, -0.05) is 29.8 Å². The number of halogens is 2. The summed E-state index contributed by atoms with van der Waals surface area (Å²) in [7, 11) is 0. The van der Waals surface area contributed by atoms with Gasteiger partial charge in [-0.2, -0.15) is 5.26 Å². The fraction of sp³-hybridized carbons (Fsp3) is 0.125. The molecule has 1 atom stereocenters. The van der Waals surface area contributed by atoms with Crippen LogP contribution in [0.15, 0.2) is 42.5 Å². The first-order chi connectivity index (χ1) is 10.0. The molecule has 1 N–H and O–H groups in total. The number of carboxylic acids is 1. The first-order valence-corrected chi connectivity index (χ1v) is 6.56. The van der Waals surface area contributed by atoms with Gasteiger partial charge in [0.25, 0.3) is 0 Å². The van der Waals surface area contributed by atoms with Crippen molar-refractivity contribution in [3.63, 3.8) is 0 Å². The quantitative estimate of drug-likeness (QED) is 0.935. The van der Waals surface area contributed by atoms with Gasteiger partial charge in [-0.25, -0.2) is 4.39 Å². The van der Waals surface area contributed by atoms with E-state index in [1.54, 1.807) is 24.3 Å². The SMILES string of the molecule is N#Cc1cccc(CC(C(=O)O)c2c(F)cccc2Cl)c1. The molecule has 0 fully saturated rings. The van der Waals surface area contributed by atoms with Crippen LogP contribution in [0.5, 0.6) is 0 Å². The Morgan fingerprint density at radius 2 is 2.05 bits per heavy atom. The van der Waals surface area contributed by atoms with Crippen molar-refractivity contribution in [2.75, 3.05) is 0 Å². The van der Waals surface area contributed by atoms with Crippen LogP contribution in [0.3, 0.4) is 0 Å². The Kier molecular flexibility index (Phi) is 4.56. The van der Waals surface area contributed by atoms with Crippen molar-refractivity contribution in [1.29, 1.82) is 5.26 Å². The highest BCUT2D eigenvalue weighted by Gasteiger charge is 2.26. The summed E-state index contributed by atoms with van der Waals surface area (Å²) in [6.45, 7) is 0. The lowest BCUT2D eigenvalue weighted by atomic mass is 9.91. The van der Waals surface area contributed by atoms with Gasteiger partial charge in [0.1, 0.15) is 5.82 Å². The van der Waals surface area contributed by atoms with Gasteiger partial charge in [0.2, 0.25) is 0 Å². The monoisotopic (exact) mass is 303 g/mol. The Hall–Kier alpha value is -2.38. The van der Waals surface area contributed by atoms with Gasteiger partial charge in [0.15, 0.2) is 0 Å². The predicted molar refractivity (Wildman–Crippen MR) is 76.6 cm³/mol. The van der Waals surface area contributed by atoms with Crippen molar-refractivity contribution in [1.82, 2.24) is 0 Å². The second kappa shape index (κ2) is 6.38. The topological polar surface area (TPSA) is 61.1 Å². The summed E-state index contributed by atoms with van der Waals surface area (Å²) in [4.78, 5) is 11.5. The van der Waals surface area contributed by atoms with Gasteiger partial charge in [-0.3, -0.25) is 4.79 Å². The number of rotatable bonds is 4. The average molecular weight is 304 g/mol. The van der Waals surface area contributed by atoms with Crippen molar-refractivity contribution < 1.29 is 14.3 Å². The minimum atomic E-state index is -1.16. The van der Waals surface area contributed by atoms with Crippen LogP contribution in [0.4, 0.5) is 4.39 Å². The number of nitriles is 1. The summed E-state index contributed by atoms with van der Waals surface area (Å²) in [6, 6.07) is 12.6. The number of carboxylic acid groups (broad SMARTS) is 1. The number of hydrogen-bond acceptors (Lipinski definition) is 2. The van der Waals surface area contributed by atoms with Crippen molar-refractivity contribution >= 4 is 17.6 Å². The summed E-state index contributed by atoms with van der Waals surface area (Å²) >= 11 is 5.94. The number of carbonyl (C=O) groups is 1. The molecule has 0 aliphatic heterocycles. The third kappa shape index (κ3) is 3.39. The lowest BCUT2D eigenvalue weighted by molar-refractivity contribution is -0.138. The van der Waals surface area contributed by atoms with Crippen molar-refractivity contribution in [3.05, 3.63) is 70.0 Å². The van der Waals surface area contributed by atoms with Crippen LogP contribution in [0.25, 0.3) is 0 Å². The summed E-state index contributed by atoms with van der Waals surface area (Å²) < 4.78 is 13.9. The predicted octanol–water partition coefficient (Wildman–Crippen LogP) is 3.76. The molecule has 0 aliphatic rings. The molecule has 5 heteroatoms. The van der Waals surface area contributed by atoms with Gasteiger partial charge in [-0.15, -0.1) is 0 Å². The molecule has 0 bridgehead atoms. The van der Waals surface area contributed by atoms with Crippen LogP contribution in [0.1, 0.15) is 22.6 Å². The molecule has 21 heavy (non-hydrogen) atoms. The molecule has 0 heterocycles. The Morgan fingerprint density at radius 1 is 1.33 bits per heavy atom. The Morgan fingerprint density at radius 3 is 2.67 bits per heavy atom. The number of hydrogen-bond donors (Lipinski definition) is 1. The molecule has 0 saturated heterocycles. The number of aliphatic carboxylic acids is 1. The fourth-order valence-electron chi connectivity index (χ4n) is 2.16. The summed E-state index contributed by atoms with van der Waals surface area (Å²) in [5, 5.41) is 18.3. The van der Waals surface area contributed by atoms with E-state index in [9.17, 15) is 14.3 Å². The molecule has 106 valence electrons. The van der Waals surface area contributed by atoms with E-state index in [1.165, 1.54) is 18.2 Å². The molecule has 0 aliphatic carbocycles. The largest absolute Gasteiger partial charge is 0.481 e. The van der Waals surface area contributed by atoms with E-state index in [1.807, 2.05) is 6.07 Å². The molecule has 2 aromatic rings. The van der Waals surface area contributed by atoms with Crippen LogP contribution in [-0.2, 0) is 11.2 Å². The highest BCUT2D eigenvalue weighted by molar-refractivity contribution is 6.31. The Bertz CT molecular complexity index is 704. The molecule has 2 aromatic carbocycles. The standard InChI is InChI=1S/C16H11ClFNO2/c17-13-5-2-6-14(18)15(13)12(16(20)21)8-10-3-1-4-11(7-10)9-19/h1-7,12H,8H2,(H,20,21). The molecular weight excluding hydrogens is 293 g/mol. The molecule has 0 saturated carbocycles. The van der Waals surface area contributed by atoms with Gasteiger partial charge in [-0.05, 0) is 36.2 Å². The van der Waals surface area contributed by atoms with Crippen molar-refractivity contribution in [3.8, 4) is 6.07 Å². The maximum atomic E-state index is 13.9. The van der Waals surface area contributed by atoms with Crippen LogP contribution in [-0.4, -0.2) is 11.1 Å². The molecular formula is C16H11ClFNO2. The van der Waals surface area contributed by atoms with Crippen LogP contribution in [0, 0.1) is 17.1 Å². The van der Waals surface area contributed by atoms with E-state index >= 15 is 0 Å². The summed E-state index contributed by atoms with van der Waals surface area (Å²) in [5.41, 5.74) is 1.03. The van der Waals surface area contributed by atoms with Crippen LogP contribution >= 0.6 is 11.6 Å². The van der Waals surface area contributed by atoms with Gasteiger partial charge in [0, 0.05) is 10.6 Å². The minimum absolute atomic E-state index is 0.0333. The maximum absolute atomic E-state index is 13.9. The van der Waals surface area contributed by atoms with Gasteiger partial charge in [0.05, 0.1) is 17.6 Å². The molecule has 0 amide bonds. The minimum Gasteiger partial charge on any atom is -0.481 e. The number of nitrogens with zero attached hydrogens (tertiary/aromatic N) is 1. The first kappa shape index (κ1) is 15.0. The molecule has 1 unspecified atom stereocenters. The molecule has 0 aromatic heterocycles. The Labute approximate surface area is 126 Å². The van der Waals surface area contributed by atoms with E-state index in [0.29, 0.717) is 11.1 Å². The fourth-order valence-corrected chi connectivity index (χ4v) is 2.45. The lowest BCUT2D eigenvalue weighted by Gasteiger charge is -2.15. The van der Waals surface area contributed by atoms with E-state index in [0.717, 1.165) is 0 Å². The number of benzene rings is 2. The van der Waals surface area contributed by atoms with Crippen LogP contribution in [0.2, 0.25) is 5.02 Å². The smallest absolute Gasteiger partial charge is 0.311 e. The molecule has 0 radical (unpaired) electrons. The normalized spacial score (nSPS) is 11.7. The zero-order valence-electron chi connectivity index (χ0n) is 10.9. The zero-order chi connectivity index (χ0) is 15.4. The average Bonchev–Trinajstić information content (AvgIpc) is 2.46. The highest BCUT2D eigenvalue weighted by atomic mass is 35.5. The third-order valence-electron chi connectivity index (χ3n) is 3.14. The van der Waals surface area contributed by atoms with Crippen LogP contribution < -0.4 is 0 Å². The van der Waals surface area contributed by atoms with E-state index < -0.39 is 17.7 Å². The highest BCUT2D eigenvalue weighted by Crippen LogP contribution is 2.30. The van der Waals surface area contributed by atoms with Gasteiger partial charge >= 0.3 is 5.97 Å². The first-order valence-electron chi connectivity index (χ1n) is 6.18. The molecule has 2 rings (SSSR count). The van der Waals surface area contributed by atoms with Gasteiger partial charge < -0.3 is 5.11 Å². The van der Waals surface area contributed by atoms with Crippen molar-refractivity contribution in [2.45, 2.75) is 12.3 Å². The second-order valence-electron chi connectivity index (χ2n) is 4.54. The van der Waals surface area contributed by atoms with E-state index in [-0.39, 0.29) is 17.0 Å². The Balaban J connectivity index is 2.41. The lowest BCUT2D eigenvalue weighted by Crippen LogP contribution is -2.16. The maximum Gasteiger partial charge on any atom is 0.311 e. The summed E-state index contributed by atoms with van der Waals surface area (Å²) in [5.74, 6) is -2.91. The summed E-state index contributed by atoms with van der Waals surface area (Å²) in [6.07, 6.45) is 0.0610. The zero-order valence-corrected chi connectivity index (χ0v) is 11.6.